The number of ether oxygens (including phenoxy) is 1. The van der Waals surface area contributed by atoms with Crippen LogP contribution in [-0.2, 0) is 11.8 Å². The quantitative estimate of drug-likeness (QED) is 0.698. The van der Waals surface area contributed by atoms with Gasteiger partial charge < -0.3 is 9.15 Å². The van der Waals surface area contributed by atoms with E-state index in [1.54, 1.807) is 31.6 Å². The van der Waals surface area contributed by atoms with Crippen molar-refractivity contribution in [2.75, 3.05) is 7.11 Å². The zero-order chi connectivity index (χ0) is 10.8. The number of methoxy groups -OCH3 is 1. The molecule has 0 aliphatic rings. The average molecular weight is 206 g/mol. The number of esters is 1. The van der Waals surface area contributed by atoms with Crippen molar-refractivity contribution in [3.8, 4) is 11.3 Å². The zero-order valence-electron chi connectivity index (χ0n) is 8.43. The Bertz CT molecular complexity index is 471. The fraction of sp³-hybridized carbons (Fsp3) is 0.200. The van der Waals surface area contributed by atoms with Crippen LogP contribution >= 0.6 is 0 Å². The molecule has 78 valence electrons. The molecule has 15 heavy (non-hydrogen) atoms. The van der Waals surface area contributed by atoms with Gasteiger partial charge >= 0.3 is 5.97 Å². The highest BCUT2D eigenvalue weighted by Crippen LogP contribution is 2.23. The summed E-state index contributed by atoms with van der Waals surface area (Å²) in [6.07, 6.45) is 3.12. The van der Waals surface area contributed by atoms with Crippen LogP contribution in [0.15, 0.2) is 29.0 Å². The molecule has 5 nitrogen and oxygen atoms in total. The van der Waals surface area contributed by atoms with Crippen molar-refractivity contribution in [1.82, 2.24) is 9.78 Å². The molecule has 0 radical (unpaired) electrons. The predicted molar refractivity (Wildman–Crippen MR) is 52.2 cm³/mol. The summed E-state index contributed by atoms with van der Waals surface area (Å²) in [7, 11) is 3.01. The van der Waals surface area contributed by atoms with E-state index >= 15 is 0 Å². The van der Waals surface area contributed by atoms with Crippen LogP contribution < -0.4 is 0 Å². The number of hydrogen-bond acceptors (Lipinski definition) is 4. The maximum atomic E-state index is 11.5. The second-order valence-corrected chi connectivity index (χ2v) is 3.00. The van der Waals surface area contributed by atoms with Crippen LogP contribution in [0.25, 0.3) is 11.3 Å². The van der Waals surface area contributed by atoms with Gasteiger partial charge in [-0.3, -0.25) is 4.68 Å². The second kappa shape index (κ2) is 3.61. The molecule has 0 unspecified atom stereocenters. The van der Waals surface area contributed by atoms with E-state index in [4.69, 9.17) is 4.42 Å². The number of hydrogen-bond donors (Lipinski definition) is 0. The minimum Gasteiger partial charge on any atom is -0.464 e. The Morgan fingerprint density at radius 1 is 1.60 bits per heavy atom. The Morgan fingerprint density at radius 2 is 2.40 bits per heavy atom. The smallest absolute Gasteiger partial charge is 0.357 e. The van der Waals surface area contributed by atoms with Gasteiger partial charge in [0.25, 0.3) is 0 Å². The lowest BCUT2D eigenvalue weighted by atomic mass is 10.2. The molecular weight excluding hydrogens is 196 g/mol. The minimum absolute atomic E-state index is 0.382. The van der Waals surface area contributed by atoms with E-state index in [0.717, 1.165) is 0 Å². The number of aryl methyl sites for hydroxylation is 1. The van der Waals surface area contributed by atoms with Crippen LogP contribution in [0.2, 0.25) is 0 Å². The van der Waals surface area contributed by atoms with Crippen LogP contribution in [0.5, 0.6) is 0 Å². The highest BCUT2D eigenvalue weighted by molar-refractivity contribution is 5.94. The van der Waals surface area contributed by atoms with E-state index in [0.29, 0.717) is 17.0 Å². The van der Waals surface area contributed by atoms with Gasteiger partial charge in [-0.2, -0.15) is 5.10 Å². The molecule has 0 atom stereocenters. The molecule has 0 amide bonds. The number of carbonyl (C=O) groups is 1. The largest absolute Gasteiger partial charge is 0.464 e. The molecule has 2 heterocycles. The lowest BCUT2D eigenvalue weighted by Gasteiger charge is -2.01. The summed E-state index contributed by atoms with van der Waals surface area (Å²) in [5, 5.41) is 4.00. The van der Waals surface area contributed by atoms with Crippen molar-refractivity contribution in [3.63, 3.8) is 0 Å². The first-order valence-electron chi connectivity index (χ1n) is 4.38. The molecule has 0 N–H and O–H groups in total. The van der Waals surface area contributed by atoms with Gasteiger partial charge in [0.15, 0.2) is 5.69 Å². The summed E-state index contributed by atoms with van der Waals surface area (Å²) >= 11 is 0. The molecule has 5 heteroatoms. The van der Waals surface area contributed by atoms with Gasteiger partial charge in [0.2, 0.25) is 0 Å². The van der Waals surface area contributed by atoms with Crippen molar-refractivity contribution in [3.05, 3.63) is 30.3 Å². The molecule has 0 aliphatic heterocycles. The molecular formula is C10H10N2O3. The lowest BCUT2D eigenvalue weighted by Crippen LogP contribution is -2.09. The fourth-order valence-corrected chi connectivity index (χ4v) is 1.39. The van der Waals surface area contributed by atoms with Gasteiger partial charge in [0, 0.05) is 7.05 Å². The number of furan rings is 1. The Morgan fingerprint density at radius 3 is 3.00 bits per heavy atom. The Labute approximate surface area is 86.3 Å². The zero-order valence-corrected chi connectivity index (χ0v) is 8.43. The van der Waals surface area contributed by atoms with E-state index in [1.165, 1.54) is 11.8 Å². The van der Waals surface area contributed by atoms with E-state index in [-0.39, 0.29) is 0 Å². The van der Waals surface area contributed by atoms with E-state index in [2.05, 4.69) is 9.84 Å². The standard InChI is InChI=1S/C10H10N2O3/c1-12-9(10(13)14-2)7(6-11-12)8-4-3-5-15-8/h3-6H,1-2H3. The van der Waals surface area contributed by atoms with E-state index in [1.807, 2.05) is 0 Å². The molecule has 0 saturated carbocycles. The van der Waals surface area contributed by atoms with Crippen molar-refractivity contribution >= 4 is 5.97 Å². The third kappa shape index (κ3) is 1.52. The fourth-order valence-electron chi connectivity index (χ4n) is 1.39. The van der Waals surface area contributed by atoms with Gasteiger partial charge in [-0.1, -0.05) is 0 Å². The van der Waals surface area contributed by atoms with Gasteiger partial charge in [-0.25, -0.2) is 4.79 Å². The lowest BCUT2D eigenvalue weighted by molar-refractivity contribution is 0.0589. The molecule has 0 spiro atoms. The Balaban J connectivity index is 2.54. The van der Waals surface area contributed by atoms with Crippen molar-refractivity contribution in [2.24, 2.45) is 7.05 Å². The highest BCUT2D eigenvalue weighted by Gasteiger charge is 2.19. The topological polar surface area (TPSA) is 57.3 Å². The summed E-state index contributed by atoms with van der Waals surface area (Å²) < 4.78 is 11.3. The maximum Gasteiger partial charge on any atom is 0.357 e. The van der Waals surface area contributed by atoms with Gasteiger partial charge in [0.1, 0.15) is 5.76 Å². The third-order valence-corrected chi connectivity index (χ3v) is 2.10. The van der Waals surface area contributed by atoms with Crippen molar-refractivity contribution in [1.29, 1.82) is 0 Å². The van der Waals surface area contributed by atoms with Crippen molar-refractivity contribution < 1.29 is 13.9 Å². The Hall–Kier alpha value is -2.04. The summed E-state index contributed by atoms with van der Waals surface area (Å²) in [5.74, 6) is 0.171. The van der Waals surface area contributed by atoms with Crippen LogP contribution in [0.3, 0.4) is 0 Å². The van der Waals surface area contributed by atoms with Crippen molar-refractivity contribution in [2.45, 2.75) is 0 Å². The van der Waals surface area contributed by atoms with E-state index < -0.39 is 5.97 Å². The summed E-state index contributed by atoms with van der Waals surface area (Å²) in [4.78, 5) is 11.5. The number of aromatic nitrogens is 2. The summed E-state index contributed by atoms with van der Waals surface area (Å²) in [6.45, 7) is 0. The van der Waals surface area contributed by atoms with E-state index in [9.17, 15) is 4.79 Å². The first-order chi connectivity index (χ1) is 7.24. The van der Waals surface area contributed by atoms with Crippen LogP contribution in [0.1, 0.15) is 10.5 Å². The summed E-state index contributed by atoms with van der Waals surface area (Å²) in [5.41, 5.74) is 1.02. The molecule has 0 aromatic carbocycles. The third-order valence-electron chi connectivity index (χ3n) is 2.10. The molecule has 2 aromatic rings. The first-order valence-corrected chi connectivity index (χ1v) is 4.38. The SMILES string of the molecule is COC(=O)c1c(-c2ccco2)cnn1C. The van der Waals surface area contributed by atoms with Crippen LogP contribution in [0.4, 0.5) is 0 Å². The van der Waals surface area contributed by atoms with Gasteiger partial charge in [-0.05, 0) is 12.1 Å². The highest BCUT2D eigenvalue weighted by atomic mass is 16.5. The molecule has 2 aromatic heterocycles. The molecule has 0 fully saturated rings. The van der Waals surface area contributed by atoms with Gasteiger partial charge in [-0.15, -0.1) is 0 Å². The summed E-state index contributed by atoms with van der Waals surface area (Å²) in [6, 6.07) is 3.52. The normalized spacial score (nSPS) is 10.3. The van der Waals surface area contributed by atoms with Crippen LogP contribution in [-0.4, -0.2) is 22.9 Å². The van der Waals surface area contributed by atoms with Gasteiger partial charge in [0.05, 0.1) is 25.1 Å². The number of nitrogens with zero attached hydrogens (tertiary/aromatic N) is 2. The molecule has 0 bridgehead atoms. The molecule has 2 rings (SSSR count). The molecule has 0 aliphatic carbocycles. The Kier molecular flexibility index (Phi) is 2.29. The number of rotatable bonds is 2. The predicted octanol–water partition coefficient (Wildman–Crippen LogP) is 1.47. The first kappa shape index (κ1) is 9.51. The number of carbonyl (C=O) groups excluding carboxylic acids is 1. The maximum absolute atomic E-state index is 11.5. The van der Waals surface area contributed by atoms with Crippen LogP contribution in [0, 0.1) is 0 Å². The monoisotopic (exact) mass is 206 g/mol. The minimum atomic E-state index is -0.429. The molecule has 0 saturated heterocycles. The second-order valence-electron chi connectivity index (χ2n) is 3.00. The average Bonchev–Trinajstić information content (AvgIpc) is 2.85.